The van der Waals surface area contributed by atoms with Crippen LogP contribution in [0.15, 0.2) is 18.2 Å². The molecule has 90 valence electrons. The van der Waals surface area contributed by atoms with Crippen LogP contribution in [0.4, 0.5) is 0 Å². The summed E-state index contributed by atoms with van der Waals surface area (Å²) in [6, 6.07) is 5.01. The zero-order valence-corrected chi connectivity index (χ0v) is 10.7. The first-order valence-electron chi connectivity index (χ1n) is 5.38. The van der Waals surface area contributed by atoms with Crippen LogP contribution >= 0.6 is 23.2 Å². The number of hydrogen-bond acceptors (Lipinski definition) is 2. The molecule has 1 rings (SSSR count). The van der Waals surface area contributed by atoms with E-state index < -0.39 is 12.2 Å². The second kappa shape index (κ2) is 6.45. The van der Waals surface area contributed by atoms with Crippen LogP contribution in [0, 0.1) is 0 Å². The third-order valence-corrected chi connectivity index (χ3v) is 3.17. The number of unbranched alkanes of at least 4 members (excludes halogenated alkanes) is 1. The fraction of sp³-hybridized carbons (Fsp3) is 0.500. The van der Waals surface area contributed by atoms with Crippen LogP contribution in [0.25, 0.3) is 0 Å². The topological polar surface area (TPSA) is 40.5 Å². The Hall–Kier alpha value is -0.280. The van der Waals surface area contributed by atoms with E-state index in [0.717, 1.165) is 12.8 Å². The summed E-state index contributed by atoms with van der Waals surface area (Å²) < 4.78 is 0. The van der Waals surface area contributed by atoms with Crippen molar-refractivity contribution in [1.82, 2.24) is 0 Å². The molecule has 0 saturated carbocycles. The van der Waals surface area contributed by atoms with Gasteiger partial charge in [0.15, 0.2) is 0 Å². The summed E-state index contributed by atoms with van der Waals surface area (Å²) in [5, 5.41) is 20.5. The van der Waals surface area contributed by atoms with Crippen LogP contribution in [-0.2, 0) is 0 Å². The van der Waals surface area contributed by atoms with Crippen molar-refractivity contribution < 1.29 is 10.2 Å². The maximum absolute atomic E-state index is 9.96. The van der Waals surface area contributed by atoms with E-state index in [1.807, 2.05) is 6.92 Å². The van der Waals surface area contributed by atoms with Crippen molar-refractivity contribution in [2.24, 2.45) is 0 Å². The number of rotatable bonds is 5. The quantitative estimate of drug-likeness (QED) is 0.852. The van der Waals surface area contributed by atoms with Gasteiger partial charge in [0.2, 0.25) is 0 Å². The lowest BCUT2D eigenvalue weighted by atomic mass is 10.0. The average Bonchev–Trinajstić information content (AvgIpc) is 2.25. The molecule has 0 fully saturated rings. The van der Waals surface area contributed by atoms with E-state index in [1.54, 1.807) is 18.2 Å². The fourth-order valence-electron chi connectivity index (χ4n) is 1.56. The molecule has 0 aliphatic rings. The van der Waals surface area contributed by atoms with Gasteiger partial charge in [-0.15, -0.1) is 0 Å². The third-order valence-electron chi connectivity index (χ3n) is 2.51. The molecular formula is C12H16Cl2O2. The van der Waals surface area contributed by atoms with Gasteiger partial charge in [0, 0.05) is 15.6 Å². The highest BCUT2D eigenvalue weighted by molar-refractivity contribution is 6.36. The smallest absolute Gasteiger partial charge is 0.108 e. The van der Waals surface area contributed by atoms with E-state index in [1.165, 1.54) is 0 Å². The van der Waals surface area contributed by atoms with Crippen LogP contribution in [0.2, 0.25) is 10.0 Å². The molecular weight excluding hydrogens is 247 g/mol. The van der Waals surface area contributed by atoms with Crippen LogP contribution in [0.1, 0.15) is 37.9 Å². The van der Waals surface area contributed by atoms with Crippen LogP contribution < -0.4 is 0 Å². The molecule has 0 bridgehead atoms. The lowest BCUT2D eigenvalue weighted by Gasteiger charge is -2.20. The Balaban J connectivity index is 2.82. The lowest BCUT2D eigenvalue weighted by Crippen LogP contribution is -2.18. The highest BCUT2D eigenvalue weighted by Crippen LogP contribution is 2.32. The van der Waals surface area contributed by atoms with Gasteiger partial charge in [0.05, 0.1) is 6.10 Å². The molecule has 2 atom stereocenters. The molecule has 2 unspecified atom stereocenters. The van der Waals surface area contributed by atoms with E-state index in [-0.39, 0.29) is 0 Å². The second-order valence-corrected chi connectivity index (χ2v) is 4.60. The molecule has 0 aliphatic heterocycles. The van der Waals surface area contributed by atoms with Gasteiger partial charge in [-0.1, -0.05) is 49.0 Å². The first-order valence-corrected chi connectivity index (χ1v) is 6.13. The predicted molar refractivity (Wildman–Crippen MR) is 67.0 cm³/mol. The number of halogens is 2. The van der Waals surface area contributed by atoms with Gasteiger partial charge in [0.25, 0.3) is 0 Å². The molecule has 16 heavy (non-hydrogen) atoms. The van der Waals surface area contributed by atoms with Gasteiger partial charge in [-0.2, -0.15) is 0 Å². The minimum atomic E-state index is -1.02. The summed E-state index contributed by atoms with van der Waals surface area (Å²) in [6.45, 7) is 2.03. The first-order chi connectivity index (χ1) is 7.57. The van der Waals surface area contributed by atoms with Crippen molar-refractivity contribution in [2.75, 3.05) is 0 Å². The monoisotopic (exact) mass is 262 g/mol. The maximum atomic E-state index is 9.96. The largest absolute Gasteiger partial charge is 0.390 e. The van der Waals surface area contributed by atoms with Gasteiger partial charge >= 0.3 is 0 Å². The summed E-state index contributed by atoms with van der Waals surface area (Å²) in [6.07, 6.45) is 0.532. The van der Waals surface area contributed by atoms with E-state index in [9.17, 15) is 10.2 Å². The van der Waals surface area contributed by atoms with Gasteiger partial charge in [0.1, 0.15) is 6.10 Å². The molecule has 4 heteroatoms. The van der Waals surface area contributed by atoms with Gasteiger partial charge in [-0.05, 0) is 18.6 Å². The number of hydrogen-bond donors (Lipinski definition) is 2. The molecule has 0 radical (unpaired) electrons. The van der Waals surface area contributed by atoms with Crippen molar-refractivity contribution in [3.05, 3.63) is 33.8 Å². The summed E-state index contributed by atoms with van der Waals surface area (Å²) >= 11 is 11.9. The zero-order valence-electron chi connectivity index (χ0n) is 9.16. The molecule has 0 heterocycles. The van der Waals surface area contributed by atoms with E-state index in [2.05, 4.69) is 0 Å². The third kappa shape index (κ3) is 3.36. The first kappa shape index (κ1) is 13.8. The summed E-state index contributed by atoms with van der Waals surface area (Å²) in [5.41, 5.74) is 0.412. The summed E-state index contributed by atoms with van der Waals surface area (Å²) in [7, 11) is 0. The van der Waals surface area contributed by atoms with Gasteiger partial charge < -0.3 is 10.2 Å². The molecule has 0 saturated heterocycles. The van der Waals surface area contributed by atoms with E-state index in [0.29, 0.717) is 22.0 Å². The van der Waals surface area contributed by atoms with Crippen molar-refractivity contribution in [3.8, 4) is 0 Å². The van der Waals surface area contributed by atoms with Gasteiger partial charge in [-0.25, -0.2) is 0 Å². The Morgan fingerprint density at radius 2 is 1.75 bits per heavy atom. The molecule has 1 aromatic carbocycles. The standard InChI is InChI=1S/C12H16Cl2O2/c1-2-3-7-10(15)12(16)11-8(13)5-4-6-9(11)14/h4-6,10,12,15-16H,2-3,7H2,1H3. The van der Waals surface area contributed by atoms with Crippen LogP contribution in [0.3, 0.4) is 0 Å². The molecule has 0 spiro atoms. The van der Waals surface area contributed by atoms with Crippen molar-refractivity contribution in [2.45, 2.75) is 38.4 Å². The van der Waals surface area contributed by atoms with Crippen molar-refractivity contribution in [1.29, 1.82) is 0 Å². The highest BCUT2D eigenvalue weighted by Gasteiger charge is 2.22. The zero-order chi connectivity index (χ0) is 12.1. The summed E-state index contributed by atoms with van der Waals surface area (Å²) in [5.74, 6) is 0. The average molecular weight is 263 g/mol. The Labute approximate surface area is 106 Å². The van der Waals surface area contributed by atoms with E-state index in [4.69, 9.17) is 23.2 Å². The lowest BCUT2D eigenvalue weighted by molar-refractivity contribution is 0.0124. The summed E-state index contributed by atoms with van der Waals surface area (Å²) in [4.78, 5) is 0. The normalized spacial score (nSPS) is 14.8. The van der Waals surface area contributed by atoms with E-state index >= 15 is 0 Å². The highest BCUT2D eigenvalue weighted by atomic mass is 35.5. The molecule has 0 aliphatic carbocycles. The fourth-order valence-corrected chi connectivity index (χ4v) is 2.18. The van der Waals surface area contributed by atoms with Crippen LogP contribution in [-0.4, -0.2) is 16.3 Å². The Morgan fingerprint density at radius 1 is 1.19 bits per heavy atom. The molecule has 2 nitrogen and oxygen atoms in total. The minimum Gasteiger partial charge on any atom is -0.390 e. The van der Waals surface area contributed by atoms with Crippen molar-refractivity contribution in [3.63, 3.8) is 0 Å². The van der Waals surface area contributed by atoms with Crippen molar-refractivity contribution >= 4 is 23.2 Å². The number of aliphatic hydroxyl groups excluding tert-OH is 2. The number of benzene rings is 1. The Kier molecular flexibility index (Phi) is 5.56. The Morgan fingerprint density at radius 3 is 2.25 bits per heavy atom. The minimum absolute atomic E-state index is 0.385. The molecule has 0 amide bonds. The maximum Gasteiger partial charge on any atom is 0.108 e. The molecule has 0 aromatic heterocycles. The van der Waals surface area contributed by atoms with Crippen LogP contribution in [0.5, 0.6) is 0 Å². The predicted octanol–water partition coefficient (Wildman–Crippen LogP) is 3.58. The molecule has 2 N–H and O–H groups in total. The SMILES string of the molecule is CCCCC(O)C(O)c1c(Cl)cccc1Cl. The van der Waals surface area contributed by atoms with Gasteiger partial charge in [-0.3, -0.25) is 0 Å². The Bertz CT molecular complexity index is 322. The number of aliphatic hydroxyl groups is 2. The second-order valence-electron chi connectivity index (χ2n) is 3.79. The molecule has 1 aromatic rings.